The highest BCUT2D eigenvalue weighted by Crippen LogP contribution is 2.35. The van der Waals surface area contributed by atoms with Gasteiger partial charge in [-0.3, -0.25) is 14.7 Å². The highest BCUT2D eigenvalue weighted by molar-refractivity contribution is 7.99. The van der Waals surface area contributed by atoms with Gasteiger partial charge in [-0.2, -0.15) is 13.2 Å². The summed E-state index contributed by atoms with van der Waals surface area (Å²) in [5.41, 5.74) is -0.143. The van der Waals surface area contributed by atoms with Gasteiger partial charge in [0.25, 0.3) is 0 Å². The smallest absolute Gasteiger partial charge is 0.341 e. The van der Waals surface area contributed by atoms with Crippen molar-refractivity contribution in [1.29, 1.82) is 0 Å². The first kappa shape index (κ1) is 23.6. The number of carbonyl (C=O) groups is 2. The van der Waals surface area contributed by atoms with Gasteiger partial charge in [-0.15, -0.1) is 10.2 Å². The van der Waals surface area contributed by atoms with E-state index in [1.807, 2.05) is 0 Å². The van der Waals surface area contributed by atoms with Gasteiger partial charge < -0.3 is 5.32 Å². The molecule has 32 heavy (non-hydrogen) atoms. The lowest BCUT2D eigenvalue weighted by Gasteiger charge is -2.13. The van der Waals surface area contributed by atoms with E-state index in [0.29, 0.717) is 10.6 Å². The van der Waals surface area contributed by atoms with E-state index in [2.05, 4.69) is 20.8 Å². The zero-order valence-corrected chi connectivity index (χ0v) is 18.2. The fourth-order valence-electron chi connectivity index (χ4n) is 2.72. The minimum atomic E-state index is -4.53. The van der Waals surface area contributed by atoms with Crippen molar-refractivity contribution in [2.75, 3.05) is 12.8 Å². The lowest BCUT2D eigenvalue weighted by Crippen LogP contribution is -2.37. The molecule has 3 aromatic rings. The predicted molar refractivity (Wildman–Crippen MR) is 115 cm³/mol. The number of aromatic nitrogens is 3. The maximum absolute atomic E-state index is 13.3. The van der Waals surface area contributed by atoms with Gasteiger partial charge in [0.15, 0.2) is 11.0 Å². The van der Waals surface area contributed by atoms with Crippen LogP contribution >= 0.6 is 23.4 Å². The van der Waals surface area contributed by atoms with Gasteiger partial charge in [-0.1, -0.05) is 41.6 Å². The molecule has 0 aliphatic rings. The number of nitrogens with zero attached hydrogens (tertiary/aromatic N) is 3. The number of halogens is 4. The number of nitrogens with one attached hydrogen (secondary N) is 2. The largest absolute Gasteiger partial charge is 0.416 e. The van der Waals surface area contributed by atoms with Gasteiger partial charge in [-0.05, 0) is 30.3 Å². The summed E-state index contributed by atoms with van der Waals surface area (Å²) >= 11 is 7.39. The summed E-state index contributed by atoms with van der Waals surface area (Å²) in [7, 11) is 1.38. The molecule has 3 rings (SSSR count). The maximum atomic E-state index is 13.3. The average molecular weight is 484 g/mol. The third-order valence-electron chi connectivity index (χ3n) is 4.22. The van der Waals surface area contributed by atoms with E-state index in [4.69, 9.17) is 11.6 Å². The summed E-state index contributed by atoms with van der Waals surface area (Å²) in [5, 5.41) is 13.3. The second-order valence-corrected chi connectivity index (χ2v) is 7.86. The summed E-state index contributed by atoms with van der Waals surface area (Å²) in [6.07, 6.45) is -4.55. The van der Waals surface area contributed by atoms with E-state index in [9.17, 15) is 22.8 Å². The van der Waals surface area contributed by atoms with Crippen molar-refractivity contribution < 1.29 is 22.8 Å². The quantitative estimate of drug-likeness (QED) is 0.502. The number of hydrogen-bond donors (Lipinski definition) is 2. The van der Waals surface area contributed by atoms with Crippen molar-refractivity contribution >= 4 is 35.3 Å². The van der Waals surface area contributed by atoms with Crippen LogP contribution < -0.4 is 10.6 Å². The summed E-state index contributed by atoms with van der Waals surface area (Å²) < 4.78 is 41.3. The summed E-state index contributed by atoms with van der Waals surface area (Å²) in [6, 6.07) is 10.9. The second kappa shape index (κ2) is 10.0. The number of thioether (sulfide) groups is 1. The van der Waals surface area contributed by atoms with Crippen LogP contribution in [-0.4, -0.2) is 39.5 Å². The van der Waals surface area contributed by atoms with Crippen LogP contribution in [0, 0.1) is 0 Å². The monoisotopic (exact) mass is 483 g/mol. The SMILES string of the molecule is CNC(=O)NC(=O)CCSc1nnc(-c2ccccc2Cl)n1-c1cccc(C(F)(F)F)c1. The second-order valence-electron chi connectivity index (χ2n) is 6.40. The Morgan fingerprint density at radius 3 is 2.56 bits per heavy atom. The van der Waals surface area contributed by atoms with Crippen molar-refractivity contribution in [3.63, 3.8) is 0 Å². The Kier molecular flexibility index (Phi) is 7.41. The fourth-order valence-corrected chi connectivity index (χ4v) is 3.83. The summed E-state index contributed by atoms with van der Waals surface area (Å²) in [6.45, 7) is 0. The summed E-state index contributed by atoms with van der Waals surface area (Å²) in [5.74, 6) is -0.0387. The summed E-state index contributed by atoms with van der Waals surface area (Å²) in [4.78, 5) is 23.0. The Labute approximate surface area is 190 Å². The molecule has 0 fully saturated rings. The third kappa shape index (κ3) is 5.60. The number of urea groups is 1. The van der Waals surface area contributed by atoms with E-state index < -0.39 is 23.7 Å². The van der Waals surface area contributed by atoms with Gasteiger partial charge >= 0.3 is 12.2 Å². The Hall–Kier alpha value is -3.05. The number of imide groups is 1. The zero-order chi connectivity index (χ0) is 23.3. The Bertz CT molecular complexity index is 1140. The first-order chi connectivity index (χ1) is 15.2. The molecule has 1 aromatic heterocycles. The maximum Gasteiger partial charge on any atom is 0.416 e. The Morgan fingerprint density at radius 2 is 1.88 bits per heavy atom. The molecule has 2 N–H and O–H groups in total. The lowest BCUT2D eigenvalue weighted by molar-refractivity contribution is -0.137. The van der Waals surface area contributed by atoms with Crippen LogP contribution in [0.5, 0.6) is 0 Å². The molecule has 0 spiro atoms. The van der Waals surface area contributed by atoms with Crippen molar-refractivity contribution in [3.8, 4) is 17.1 Å². The van der Waals surface area contributed by atoms with Crippen molar-refractivity contribution in [2.45, 2.75) is 17.8 Å². The molecule has 0 unspecified atom stereocenters. The third-order valence-corrected chi connectivity index (χ3v) is 5.48. The number of amides is 3. The minimum absolute atomic E-state index is 0.0189. The first-order valence-electron chi connectivity index (χ1n) is 9.23. The molecule has 168 valence electrons. The van der Waals surface area contributed by atoms with E-state index >= 15 is 0 Å². The molecule has 2 aromatic carbocycles. The molecule has 0 radical (unpaired) electrons. The Morgan fingerprint density at radius 1 is 1.12 bits per heavy atom. The highest BCUT2D eigenvalue weighted by Gasteiger charge is 2.31. The van der Waals surface area contributed by atoms with Crippen molar-refractivity contribution in [3.05, 3.63) is 59.1 Å². The fraction of sp³-hybridized carbons (Fsp3) is 0.200. The molecule has 1 heterocycles. The Balaban J connectivity index is 1.96. The standard InChI is InChI=1S/C20H17ClF3N5O2S/c1-25-18(31)26-16(30)9-10-32-19-28-27-17(14-7-2-3-8-15(14)21)29(19)13-6-4-5-12(11-13)20(22,23)24/h2-8,11H,9-10H2,1H3,(H2,25,26,30,31). The van der Waals surface area contributed by atoms with Gasteiger partial charge in [0.1, 0.15) is 0 Å². The van der Waals surface area contributed by atoms with Crippen LogP contribution in [0.25, 0.3) is 17.1 Å². The van der Waals surface area contributed by atoms with Crippen molar-refractivity contribution in [1.82, 2.24) is 25.4 Å². The molecule has 12 heteroatoms. The van der Waals surface area contributed by atoms with E-state index in [0.717, 1.165) is 23.9 Å². The van der Waals surface area contributed by atoms with Crippen LogP contribution in [0.4, 0.5) is 18.0 Å². The van der Waals surface area contributed by atoms with E-state index in [1.54, 1.807) is 24.3 Å². The molecule has 7 nitrogen and oxygen atoms in total. The normalized spacial score (nSPS) is 11.3. The minimum Gasteiger partial charge on any atom is -0.341 e. The molecule has 0 saturated carbocycles. The zero-order valence-electron chi connectivity index (χ0n) is 16.6. The average Bonchev–Trinajstić information content (AvgIpc) is 3.17. The molecular formula is C20H17ClF3N5O2S. The molecule has 3 amide bonds. The van der Waals surface area contributed by atoms with E-state index in [-0.39, 0.29) is 28.8 Å². The van der Waals surface area contributed by atoms with Crippen molar-refractivity contribution in [2.24, 2.45) is 0 Å². The molecule has 0 atom stereocenters. The van der Waals surface area contributed by atoms with Crippen LogP contribution in [-0.2, 0) is 11.0 Å². The number of carbonyl (C=O) groups excluding carboxylic acids is 2. The molecular weight excluding hydrogens is 467 g/mol. The molecule has 0 aliphatic heterocycles. The first-order valence-corrected chi connectivity index (χ1v) is 10.6. The molecule has 0 bridgehead atoms. The molecule has 0 saturated heterocycles. The van der Waals surface area contributed by atoms with Crippen LogP contribution in [0.3, 0.4) is 0 Å². The predicted octanol–water partition coefficient (Wildman–Crippen LogP) is 4.54. The van der Waals surface area contributed by atoms with Gasteiger partial charge in [0.05, 0.1) is 16.3 Å². The van der Waals surface area contributed by atoms with Crippen LogP contribution in [0.1, 0.15) is 12.0 Å². The van der Waals surface area contributed by atoms with Gasteiger partial charge in [0, 0.05) is 24.8 Å². The topological polar surface area (TPSA) is 88.9 Å². The van der Waals surface area contributed by atoms with Crippen LogP contribution in [0.2, 0.25) is 5.02 Å². The highest BCUT2D eigenvalue weighted by atomic mass is 35.5. The van der Waals surface area contributed by atoms with Gasteiger partial charge in [-0.25, -0.2) is 4.79 Å². The lowest BCUT2D eigenvalue weighted by atomic mass is 10.1. The van der Waals surface area contributed by atoms with E-state index in [1.165, 1.54) is 23.7 Å². The van der Waals surface area contributed by atoms with Crippen LogP contribution in [0.15, 0.2) is 53.7 Å². The number of hydrogen-bond acceptors (Lipinski definition) is 5. The molecule has 0 aliphatic carbocycles. The van der Waals surface area contributed by atoms with Gasteiger partial charge in [0.2, 0.25) is 5.91 Å². The number of alkyl halides is 3. The number of benzene rings is 2. The number of rotatable bonds is 6.